The minimum atomic E-state index is -2.94. The van der Waals surface area contributed by atoms with E-state index in [4.69, 9.17) is 9.68 Å². The van der Waals surface area contributed by atoms with Crippen LogP contribution in [-0.2, 0) is 82.4 Å². The minimum absolute atomic E-state index is 0.00843. The molecule has 2 fully saturated rings. The average Bonchev–Trinajstić information content (AvgIpc) is 2.04. The summed E-state index contributed by atoms with van der Waals surface area (Å²) in [6, 6.07) is 0. The number of nitrogens with zero attached hydrogens (tertiary/aromatic N) is 13. The van der Waals surface area contributed by atoms with Gasteiger partial charge in [0, 0.05) is 116 Å². The van der Waals surface area contributed by atoms with E-state index >= 15 is 0 Å². The first-order valence-electron chi connectivity index (χ1n) is 52.8. The van der Waals surface area contributed by atoms with Gasteiger partial charge in [-0.1, -0.05) is 302 Å². The first kappa shape index (κ1) is 151. The van der Waals surface area contributed by atoms with E-state index in [0.29, 0.717) is 50.6 Å². The zero-order valence-electron chi connectivity index (χ0n) is 107. The van der Waals surface area contributed by atoms with Gasteiger partial charge in [0.15, 0.2) is 19.7 Å². The zero-order chi connectivity index (χ0) is 118. The average molecular weight is 2210 g/mol. The third kappa shape index (κ3) is 73.9. The Labute approximate surface area is 926 Å². The second kappa shape index (κ2) is 57.5. The molecule has 31 heteroatoms. The highest BCUT2D eigenvalue weighted by Crippen LogP contribution is 2.44. The summed E-state index contributed by atoms with van der Waals surface area (Å²) in [5.74, 6) is 4.82. The fourth-order valence-corrected chi connectivity index (χ4v) is 20.8. The number of imide groups is 2. The third-order valence-electron chi connectivity index (χ3n) is 19.5. The van der Waals surface area contributed by atoms with Crippen LogP contribution in [0.4, 0.5) is 0 Å². The molecule has 2 saturated heterocycles. The largest absolute Gasteiger partial charge is 0.390 e. The van der Waals surface area contributed by atoms with Gasteiger partial charge in [0.05, 0.1) is 70.9 Å². The minimum Gasteiger partial charge on any atom is -0.390 e. The fourth-order valence-electron chi connectivity index (χ4n) is 11.6. The Morgan fingerprint density at radius 3 is 0.815 bits per heavy atom. The second-order valence-corrected chi connectivity index (χ2v) is 78.5. The van der Waals surface area contributed by atoms with Crippen molar-refractivity contribution in [2.45, 2.75) is 600 Å². The number of rotatable bonds is 12. The highest BCUT2D eigenvalue weighted by Gasteiger charge is 2.48. The quantitative estimate of drug-likeness (QED) is 0.0705. The fraction of sp³-hybridized carbons (Fsp3) is 0.896. The van der Waals surface area contributed by atoms with Gasteiger partial charge in [0.25, 0.3) is 0 Å². The predicted octanol–water partition coefficient (Wildman–Crippen LogP) is 31.7. The SMILES string of the molecule is CC(C)(C)/C=N/OC(C)(C)C.CC(C)(C)/C=N/OC(C)(C)C.CC(C)(C)C1CCCCc2c1nnn2C(C)(C)C.CC(C)(C)CSC(C)(C)C.CC(C)(C)CSC(C)(C)C.CC(C)(C)SC1CC(=O)N(C(C)(C)C)C1=O.CC(C)(C)SC1CC(=O)N(C(C)(C)C)C1=O.CC(C)(C)SCCS(=O)(=O)C(C)(C)C.CC(C)(C)SCCS(=O)(=O)C(C)(C)C.CC(C)(C)c1cn(C(C)(C)C)nn1.CC(C)(C)c1cn(C(C)(C)C)nn1. The van der Waals surface area contributed by atoms with Crippen molar-refractivity contribution in [3.05, 3.63) is 35.2 Å². The number of carbonyl (C=O) groups is 4. The number of sulfone groups is 2. The molecule has 146 heavy (non-hydrogen) atoms. The number of aromatic nitrogens is 9. The van der Waals surface area contributed by atoms with Crippen molar-refractivity contribution in [2.24, 2.45) is 37.4 Å². The molecular formula is C115H229N13O10S8. The van der Waals surface area contributed by atoms with Gasteiger partial charge in [-0.15, -0.1) is 38.8 Å². The summed E-state index contributed by atoms with van der Waals surface area (Å²) in [6.07, 6.45) is 13.3. The van der Waals surface area contributed by atoms with Gasteiger partial charge in [-0.2, -0.15) is 47.0 Å². The first-order valence-corrected chi connectivity index (χ1v) is 61.8. The van der Waals surface area contributed by atoms with E-state index in [2.05, 4.69) is 378 Å². The van der Waals surface area contributed by atoms with Gasteiger partial charge in [0.1, 0.15) is 11.2 Å². The molecule has 0 saturated carbocycles. The Balaban J connectivity index is -0.000000502. The van der Waals surface area contributed by atoms with Gasteiger partial charge in [-0.25, -0.2) is 30.9 Å². The number of carbonyl (C=O) groups excluding carboxylic acids is 4. The predicted molar refractivity (Wildman–Crippen MR) is 649 cm³/mol. The third-order valence-corrected chi connectivity index (χ3v) is 34.2. The molecule has 0 aromatic carbocycles. The molecule has 0 N–H and O–H groups in total. The number of hydrogen-bond acceptors (Lipinski definition) is 24. The standard InChI is InChI=1S/C15H27N3.2C12H21NO2S.2C10H19N3.2C10H22O2S2.2C9H19NO.2C9H20S/c1-14(2,3)11-9-7-8-10-12-13(11)16-17-18(12)15(4,5)6;2*1-11(2,3)13-9(14)7-8(10(13)15)16-12(4,5)6;2*1-9(2,3)8-7-13(12-11-8)10(4,5)6;2*1-9(2,3)13-7-8-14(11,12)10(4,5)6;2*1-8(2,3)7-10-11-9(4,5)6;2*1-8(2,3)7-10-9(4,5)6/h11H,7-10H2,1-6H3;2*8H,7H2,1-6H3;2*7H,1-6H3;2*7-8H2,1-6H3;2*7H,1-6H3;2*7H2,1-6H3/b;;;;;;;2*10-7+;;. The van der Waals surface area contributed by atoms with E-state index in [9.17, 15) is 36.0 Å². The summed E-state index contributed by atoms with van der Waals surface area (Å²) in [5.41, 5.74) is 5.24. The van der Waals surface area contributed by atoms with Crippen LogP contribution < -0.4 is 0 Å². The summed E-state index contributed by atoms with van der Waals surface area (Å²) in [7, 11) is -5.88. The Morgan fingerprint density at radius 2 is 0.637 bits per heavy atom. The van der Waals surface area contributed by atoms with Gasteiger partial charge >= 0.3 is 0 Å². The highest BCUT2D eigenvalue weighted by atomic mass is 32.2. The number of hydrogen-bond donors (Lipinski definition) is 0. The molecular weight excluding hydrogens is 1980 g/mol. The van der Waals surface area contributed by atoms with Crippen molar-refractivity contribution in [1.82, 2.24) is 54.8 Å². The number of oxime groups is 2. The molecule has 3 aliphatic rings. The van der Waals surface area contributed by atoms with Crippen LogP contribution in [0.2, 0.25) is 0 Å². The van der Waals surface area contributed by atoms with Crippen LogP contribution in [0, 0.1) is 27.1 Å². The number of thioether (sulfide) groups is 6. The number of likely N-dealkylation sites (tertiary alicyclic amines) is 2. The Hall–Kier alpha value is -3.36. The van der Waals surface area contributed by atoms with Crippen molar-refractivity contribution in [3.8, 4) is 0 Å². The van der Waals surface area contributed by atoms with E-state index in [0.717, 1.165) is 17.8 Å². The summed E-state index contributed by atoms with van der Waals surface area (Å²) in [6.45, 7) is 138. The Morgan fingerprint density at radius 1 is 0.356 bits per heavy atom. The number of fused-ring (bicyclic) bond motifs is 1. The van der Waals surface area contributed by atoms with Crippen LogP contribution in [-0.4, -0.2) is 213 Å². The van der Waals surface area contributed by atoms with Gasteiger partial charge in [0.2, 0.25) is 23.6 Å². The molecule has 0 spiro atoms. The van der Waals surface area contributed by atoms with E-state index < -0.39 is 40.2 Å². The molecule has 3 aromatic rings. The van der Waals surface area contributed by atoms with Crippen molar-refractivity contribution in [1.29, 1.82) is 0 Å². The summed E-state index contributed by atoms with van der Waals surface area (Å²) >= 11 is 10.6. The van der Waals surface area contributed by atoms with E-state index in [1.807, 2.05) is 141 Å². The van der Waals surface area contributed by atoms with E-state index in [1.165, 1.54) is 52.0 Å². The zero-order valence-corrected chi connectivity index (χ0v) is 113. The Kier molecular flexibility index (Phi) is 59.5. The van der Waals surface area contributed by atoms with E-state index in [-0.39, 0.29) is 120 Å². The van der Waals surface area contributed by atoms with Crippen LogP contribution >= 0.6 is 70.6 Å². The lowest BCUT2D eigenvalue weighted by Gasteiger charge is -2.30. The molecule has 3 atom stereocenters. The molecule has 1 aliphatic carbocycles. The topological polar surface area (TPSA) is 278 Å². The van der Waals surface area contributed by atoms with Gasteiger partial charge in [-0.3, -0.25) is 29.0 Å². The van der Waals surface area contributed by atoms with Crippen LogP contribution in [0.25, 0.3) is 0 Å². The molecule has 6 rings (SSSR count). The lowest BCUT2D eigenvalue weighted by Crippen LogP contribution is -2.46. The normalized spacial score (nSPS) is 16.9. The first-order chi connectivity index (χ1) is 63.4. The van der Waals surface area contributed by atoms with Crippen LogP contribution in [0.1, 0.15) is 518 Å². The molecule has 862 valence electrons. The molecule has 4 amide bonds. The van der Waals surface area contributed by atoms with Gasteiger partial charge < -0.3 is 9.68 Å². The van der Waals surface area contributed by atoms with Crippen LogP contribution in [0.3, 0.4) is 0 Å². The molecule has 3 aromatic heterocycles. The summed E-state index contributed by atoms with van der Waals surface area (Å²) < 4.78 is 52.8. The smallest absolute Gasteiger partial charge is 0.243 e. The molecule has 23 nitrogen and oxygen atoms in total. The maximum absolute atomic E-state index is 12.1. The van der Waals surface area contributed by atoms with Crippen molar-refractivity contribution in [2.75, 3.05) is 34.5 Å². The molecule has 2 aliphatic heterocycles. The molecule has 0 bridgehead atoms. The highest BCUT2D eigenvalue weighted by molar-refractivity contribution is 8.03. The second-order valence-electron chi connectivity index (χ2n) is 61.2. The number of amides is 4. The lowest BCUT2D eigenvalue weighted by atomic mass is 9.76. The maximum atomic E-state index is 12.1. The van der Waals surface area contributed by atoms with Crippen molar-refractivity contribution < 1.29 is 45.7 Å². The monoisotopic (exact) mass is 2210 g/mol. The van der Waals surface area contributed by atoms with Gasteiger partial charge in [-0.05, 0) is 234 Å². The maximum Gasteiger partial charge on any atom is 0.243 e. The summed E-state index contributed by atoms with van der Waals surface area (Å²) in [5, 5.41) is 32.9. The van der Waals surface area contributed by atoms with Crippen LogP contribution in [0.5, 0.6) is 0 Å². The van der Waals surface area contributed by atoms with Crippen molar-refractivity contribution in [3.63, 3.8) is 0 Å². The molecule has 5 heterocycles. The Bertz CT molecular complexity index is 4260. The lowest BCUT2D eigenvalue weighted by molar-refractivity contribution is -0.145. The molecule has 3 unspecified atom stereocenters. The summed E-state index contributed by atoms with van der Waals surface area (Å²) in [4.78, 5) is 61.1. The van der Waals surface area contributed by atoms with Crippen molar-refractivity contribution >= 4 is 126 Å². The molecule has 0 radical (unpaired) electrons. The van der Waals surface area contributed by atoms with E-state index in [1.54, 1.807) is 88.6 Å². The van der Waals surface area contributed by atoms with Crippen LogP contribution in [0.15, 0.2) is 22.7 Å².